The molecule has 3 aliphatic heterocycles. The maximum absolute atomic E-state index is 6.23. The lowest BCUT2D eigenvalue weighted by Crippen LogP contribution is -2.49. The van der Waals surface area contributed by atoms with Crippen molar-refractivity contribution in [3.63, 3.8) is 0 Å². The van der Waals surface area contributed by atoms with Gasteiger partial charge in [-0.15, -0.1) is 0 Å². The van der Waals surface area contributed by atoms with Gasteiger partial charge in [-0.1, -0.05) is 0 Å². The SMILES string of the molecule is CN1CCN(C[C@H]2OC[C@@H]3CCN(Cc4ccsc4)C[C@@H]32)CC1. The first-order valence-corrected chi connectivity index (χ1v) is 9.98. The van der Waals surface area contributed by atoms with E-state index in [-0.39, 0.29) is 0 Å². The van der Waals surface area contributed by atoms with E-state index in [2.05, 4.69) is 38.6 Å². The molecular weight excluding hydrogens is 306 g/mol. The van der Waals surface area contributed by atoms with Crippen molar-refractivity contribution in [3.8, 4) is 0 Å². The number of ether oxygens (including phenoxy) is 1. The Balaban J connectivity index is 1.33. The van der Waals surface area contributed by atoms with Crippen LogP contribution in [-0.4, -0.2) is 80.3 Å². The number of likely N-dealkylation sites (N-methyl/N-ethyl adjacent to an activating group) is 1. The molecule has 23 heavy (non-hydrogen) atoms. The van der Waals surface area contributed by atoms with E-state index in [4.69, 9.17) is 4.74 Å². The highest BCUT2D eigenvalue weighted by atomic mass is 32.1. The fraction of sp³-hybridized carbons (Fsp3) is 0.778. The molecule has 1 aromatic heterocycles. The van der Waals surface area contributed by atoms with Crippen LogP contribution >= 0.6 is 11.3 Å². The number of piperazine rings is 1. The number of thiophene rings is 1. The van der Waals surface area contributed by atoms with Crippen molar-refractivity contribution in [2.75, 3.05) is 59.5 Å². The van der Waals surface area contributed by atoms with Gasteiger partial charge in [0.15, 0.2) is 0 Å². The summed E-state index contributed by atoms with van der Waals surface area (Å²) >= 11 is 1.81. The van der Waals surface area contributed by atoms with Crippen LogP contribution in [0.3, 0.4) is 0 Å². The Kier molecular flexibility index (Phi) is 5.02. The van der Waals surface area contributed by atoms with E-state index in [1.807, 2.05) is 11.3 Å². The number of nitrogens with zero attached hydrogens (tertiary/aromatic N) is 3. The van der Waals surface area contributed by atoms with Crippen LogP contribution in [0.4, 0.5) is 0 Å². The number of hydrogen-bond acceptors (Lipinski definition) is 5. The van der Waals surface area contributed by atoms with Crippen molar-refractivity contribution in [3.05, 3.63) is 22.4 Å². The molecule has 0 saturated carbocycles. The second-order valence-corrected chi connectivity index (χ2v) is 8.34. The van der Waals surface area contributed by atoms with Crippen LogP contribution in [-0.2, 0) is 11.3 Å². The van der Waals surface area contributed by atoms with Crippen molar-refractivity contribution in [1.82, 2.24) is 14.7 Å². The molecule has 0 radical (unpaired) electrons. The van der Waals surface area contributed by atoms with Crippen molar-refractivity contribution in [2.24, 2.45) is 11.8 Å². The molecule has 4 heterocycles. The molecule has 4 nitrogen and oxygen atoms in total. The summed E-state index contributed by atoms with van der Waals surface area (Å²) in [6, 6.07) is 2.27. The first-order chi connectivity index (χ1) is 11.3. The van der Waals surface area contributed by atoms with Gasteiger partial charge in [0, 0.05) is 51.7 Å². The highest BCUT2D eigenvalue weighted by Gasteiger charge is 2.41. The monoisotopic (exact) mass is 335 g/mol. The Bertz CT molecular complexity index is 486. The van der Waals surface area contributed by atoms with Crippen LogP contribution in [0.15, 0.2) is 16.8 Å². The molecule has 0 spiro atoms. The summed E-state index contributed by atoms with van der Waals surface area (Å²) in [5.41, 5.74) is 1.47. The van der Waals surface area contributed by atoms with Gasteiger partial charge < -0.3 is 9.64 Å². The largest absolute Gasteiger partial charge is 0.376 e. The van der Waals surface area contributed by atoms with E-state index >= 15 is 0 Å². The third-order valence-electron chi connectivity index (χ3n) is 5.91. The summed E-state index contributed by atoms with van der Waals surface area (Å²) < 4.78 is 6.23. The normalized spacial score (nSPS) is 33.9. The highest BCUT2D eigenvalue weighted by molar-refractivity contribution is 7.07. The fourth-order valence-corrected chi connectivity index (χ4v) is 5.02. The molecule has 3 saturated heterocycles. The van der Waals surface area contributed by atoms with Gasteiger partial charge in [0.1, 0.15) is 0 Å². The average molecular weight is 336 g/mol. The molecule has 3 aliphatic rings. The molecule has 3 fully saturated rings. The molecule has 4 rings (SSSR count). The zero-order valence-electron chi connectivity index (χ0n) is 14.2. The summed E-state index contributed by atoms with van der Waals surface area (Å²) in [4.78, 5) is 7.69. The zero-order valence-corrected chi connectivity index (χ0v) is 15.0. The first-order valence-electron chi connectivity index (χ1n) is 9.04. The molecule has 1 aromatic rings. The van der Waals surface area contributed by atoms with Crippen LogP contribution in [0.25, 0.3) is 0 Å². The lowest BCUT2D eigenvalue weighted by atomic mass is 9.84. The summed E-state index contributed by atoms with van der Waals surface area (Å²) in [5.74, 6) is 1.54. The van der Waals surface area contributed by atoms with Gasteiger partial charge in [0.2, 0.25) is 0 Å². The number of hydrogen-bond donors (Lipinski definition) is 0. The zero-order chi connectivity index (χ0) is 15.6. The number of piperidine rings is 1. The predicted octanol–water partition coefficient (Wildman–Crippen LogP) is 1.83. The standard InChI is InChI=1S/C18H29N3OS/c1-19-5-7-20(8-6-19)12-18-17-11-21(4-2-16(17)13-22-18)10-15-3-9-23-14-15/h3,9,14,16-18H,2,4-8,10-13H2,1H3/t16-,17-,18+/m0/s1. The summed E-state index contributed by atoms with van der Waals surface area (Å²) in [6.07, 6.45) is 1.77. The second-order valence-electron chi connectivity index (χ2n) is 7.55. The van der Waals surface area contributed by atoms with E-state index in [1.54, 1.807) is 0 Å². The second kappa shape index (κ2) is 7.19. The van der Waals surface area contributed by atoms with E-state index in [0.717, 1.165) is 31.5 Å². The Morgan fingerprint density at radius 3 is 2.83 bits per heavy atom. The van der Waals surface area contributed by atoms with Gasteiger partial charge in [-0.3, -0.25) is 9.80 Å². The average Bonchev–Trinajstić information content (AvgIpc) is 3.20. The Hall–Kier alpha value is -0.460. The third-order valence-corrected chi connectivity index (χ3v) is 6.64. The van der Waals surface area contributed by atoms with Gasteiger partial charge in [0.25, 0.3) is 0 Å². The molecule has 3 atom stereocenters. The predicted molar refractivity (Wildman–Crippen MR) is 94.9 cm³/mol. The minimum absolute atomic E-state index is 0.452. The lowest BCUT2D eigenvalue weighted by molar-refractivity contribution is 0.0297. The summed E-state index contributed by atoms with van der Waals surface area (Å²) in [5, 5.41) is 4.48. The maximum atomic E-state index is 6.23. The first kappa shape index (κ1) is 16.0. The van der Waals surface area contributed by atoms with Crippen molar-refractivity contribution >= 4 is 11.3 Å². The van der Waals surface area contributed by atoms with Crippen molar-refractivity contribution < 1.29 is 4.74 Å². The summed E-state index contributed by atoms with van der Waals surface area (Å²) in [7, 11) is 2.23. The van der Waals surface area contributed by atoms with E-state index in [0.29, 0.717) is 6.10 Å². The lowest BCUT2D eigenvalue weighted by Gasteiger charge is -2.38. The minimum atomic E-state index is 0.452. The van der Waals surface area contributed by atoms with E-state index in [9.17, 15) is 0 Å². The highest BCUT2D eigenvalue weighted by Crippen LogP contribution is 2.35. The molecular formula is C18H29N3OS. The van der Waals surface area contributed by atoms with Crippen molar-refractivity contribution in [2.45, 2.75) is 19.1 Å². The van der Waals surface area contributed by atoms with Crippen LogP contribution in [0.1, 0.15) is 12.0 Å². The third kappa shape index (κ3) is 3.80. The number of likely N-dealkylation sites (tertiary alicyclic amines) is 1. The quantitative estimate of drug-likeness (QED) is 0.836. The molecule has 0 aliphatic carbocycles. The summed E-state index contributed by atoms with van der Waals surface area (Å²) in [6.45, 7) is 10.5. The topological polar surface area (TPSA) is 19.0 Å². The Morgan fingerprint density at radius 1 is 1.17 bits per heavy atom. The maximum Gasteiger partial charge on any atom is 0.0745 e. The van der Waals surface area contributed by atoms with Crippen LogP contribution in [0.2, 0.25) is 0 Å². The fourth-order valence-electron chi connectivity index (χ4n) is 4.36. The van der Waals surface area contributed by atoms with Gasteiger partial charge in [-0.2, -0.15) is 11.3 Å². The van der Waals surface area contributed by atoms with Gasteiger partial charge >= 0.3 is 0 Å². The van der Waals surface area contributed by atoms with Gasteiger partial charge in [-0.05, 0) is 48.3 Å². The molecule has 0 aromatic carbocycles. The molecule has 0 bridgehead atoms. The van der Waals surface area contributed by atoms with Crippen LogP contribution in [0, 0.1) is 11.8 Å². The molecule has 0 unspecified atom stereocenters. The Labute approximate surface area is 144 Å². The molecule has 128 valence electrons. The van der Waals surface area contributed by atoms with E-state index < -0.39 is 0 Å². The van der Waals surface area contributed by atoms with Crippen molar-refractivity contribution in [1.29, 1.82) is 0 Å². The van der Waals surface area contributed by atoms with Crippen LogP contribution in [0.5, 0.6) is 0 Å². The molecule has 0 amide bonds. The Morgan fingerprint density at radius 2 is 2.04 bits per heavy atom. The molecule has 5 heteroatoms. The number of fused-ring (bicyclic) bond motifs is 1. The van der Waals surface area contributed by atoms with Gasteiger partial charge in [0.05, 0.1) is 12.7 Å². The van der Waals surface area contributed by atoms with E-state index in [1.165, 1.54) is 51.3 Å². The minimum Gasteiger partial charge on any atom is -0.376 e. The molecule has 0 N–H and O–H groups in total. The smallest absolute Gasteiger partial charge is 0.0745 e. The van der Waals surface area contributed by atoms with Gasteiger partial charge in [-0.25, -0.2) is 0 Å². The number of rotatable bonds is 4. The van der Waals surface area contributed by atoms with Crippen LogP contribution < -0.4 is 0 Å².